The average molecular weight is 607 g/mol. The molecule has 10 heteroatoms. The second-order valence-electron chi connectivity index (χ2n) is 9.94. The molecule has 0 bridgehead atoms. The van der Waals surface area contributed by atoms with E-state index in [0.717, 1.165) is 10.8 Å². The van der Waals surface area contributed by atoms with E-state index in [1.54, 1.807) is 73.2 Å². The van der Waals surface area contributed by atoms with E-state index in [1.165, 1.54) is 33.3 Å². The van der Waals surface area contributed by atoms with Crippen molar-refractivity contribution in [3.8, 4) is 0 Å². The summed E-state index contributed by atoms with van der Waals surface area (Å²) in [4.78, 5) is 68.3. The third-order valence-electron chi connectivity index (χ3n) is 7.59. The number of thioether (sulfide) groups is 2. The van der Waals surface area contributed by atoms with Gasteiger partial charge in [0.1, 0.15) is 11.8 Å². The lowest BCUT2D eigenvalue weighted by Crippen LogP contribution is -2.54. The molecule has 0 saturated carbocycles. The van der Waals surface area contributed by atoms with Gasteiger partial charge in [-0.15, -0.1) is 0 Å². The number of hydrogen-bond donors (Lipinski definition) is 0. The van der Waals surface area contributed by atoms with E-state index in [2.05, 4.69) is 9.98 Å². The van der Waals surface area contributed by atoms with E-state index in [1.807, 2.05) is 42.5 Å². The predicted molar refractivity (Wildman–Crippen MR) is 173 cm³/mol. The summed E-state index contributed by atoms with van der Waals surface area (Å²) in [5.74, 6) is -6.60. The standard InChI is InChI=1S/C33H26N4O4S2/c1-42-32-34-28(38)26(30(40)36(32)21-14-5-3-6-15-21)25(24-19-11-13-20-12-9-10-18-23(20)24)27-29(39)35-33(43-2)37(31(27)41)22-16-7-4-8-17-22/h3-19,25-27H,1-2H3. The first-order chi connectivity index (χ1) is 20.9. The zero-order valence-electron chi connectivity index (χ0n) is 23.3. The monoisotopic (exact) mass is 606 g/mol. The second kappa shape index (κ2) is 12.0. The number of carbonyl (C=O) groups is 4. The topological polar surface area (TPSA) is 99.5 Å². The first-order valence-corrected chi connectivity index (χ1v) is 16.0. The number of amidine groups is 2. The van der Waals surface area contributed by atoms with Crippen LogP contribution in [0.25, 0.3) is 10.8 Å². The summed E-state index contributed by atoms with van der Waals surface area (Å²) in [6.45, 7) is 0. The van der Waals surface area contributed by atoms with Gasteiger partial charge in [0.25, 0.3) is 11.8 Å². The van der Waals surface area contributed by atoms with Crippen LogP contribution in [-0.2, 0) is 19.2 Å². The van der Waals surface area contributed by atoms with Crippen LogP contribution < -0.4 is 9.80 Å². The highest BCUT2D eigenvalue weighted by atomic mass is 32.2. The summed E-state index contributed by atoms with van der Waals surface area (Å²) in [6, 6.07) is 30.8. The quantitative estimate of drug-likeness (QED) is 0.269. The van der Waals surface area contributed by atoms with E-state index in [9.17, 15) is 19.2 Å². The van der Waals surface area contributed by atoms with E-state index in [4.69, 9.17) is 0 Å². The Morgan fingerprint density at radius 3 is 1.51 bits per heavy atom. The number of carbonyl (C=O) groups excluding carboxylic acids is 4. The molecule has 2 unspecified atom stereocenters. The molecule has 0 N–H and O–H groups in total. The molecule has 4 amide bonds. The van der Waals surface area contributed by atoms with Crippen LogP contribution in [-0.4, -0.2) is 46.5 Å². The van der Waals surface area contributed by atoms with Crippen molar-refractivity contribution in [3.05, 3.63) is 109 Å². The molecule has 6 rings (SSSR count). The van der Waals surface area contributed by atoms with Crippen molar-refractivity contribution in [2.75, 3.05) is 22.3 Å². The molecule has 0 aliphatic carbocycles. The molecule has 8 nitrogen and oxygen atoms in total. The lowest BCUT2D eigenvalue weighted by Gasteiger charge is -2.39. The third-order valence-corrected chi connectivity index (χ3v) is 8.87. The molecule has 0 spiro atoms. The van der Waals surface area contributed by atoms with Gasteiger partial charge in [-0.25, -0.2) is 0 Å². The highest BCUT2D eigenvalue weighted by molar-refractivity contribution is 8.14. The summed E-state index contributed by atoms with van der Waals surface area (Å²) >= 11 is 2.35. The molecular weight excluding hydrogens is 581 g/mol. The largest absolute Gasteiger partial charge is 0.273 e. The fourth-order valence-electron chi connectivity index (χ4n) is 5.72. The summed E-state index contributed by atoms with van der Waals surface area (Å²) in [5, 5.41) is 2.03. The van der Waals surface area contributed by atoms with Gasteiger partial charge in [-0.1, -0.05) is 102 Å². The van der Waals surface area contributed by atoms with Gasteiger partial charge < -0.3 is 0 Å². The van der Waals surface area contributed by atoms with Crippen molar-refractivity contribution in [3.63, 3.8) is 0 Å². The Hall–Kier alpha value is -4.54. The summed E-state index contributed by atoms with van der Waals surface area (Å²) in [6.07, 6.45) is 3.48. The van der Waals surface area contributed by atoms with Crippen LogP contribution in [0, 0.1) is 11.8 Å². The van der Waals surface area contributed by atoms with Crippen molar-refractivity contribution >= 4 is 79.6 Å². The fraction of sp³-hybridized carbons (Fsp3) is 0.152. The van der Waals surface area contributed by atoms with Crippen LogP contribution in [0.2, 0.25) is 0 Å². The Morgan fingerprint density at radius 2 is 1.02 bits per heavy atom. The molecule has 2 heterocycles. The molecule has 0 saturated heterocycles. The lowest BCUT2D eigenvalue weighted by molar-refractivity contribution is -0.137. The van der Waals surface area contributed by atoms with Crippen LogP contribution in [0.15, 0.2) is 113 Å². The molecule has 0 radical (unpaired) electrons. The zero-order valence-corrected chi connectivity index (χ0v) is 24.9. The summed E-state index contributed by atoms with van der Waals surface area (Å²) in [5.41, 5.74) is 1.59. The van der Waals surface area contributed by atoms with Crippen molar-refractivity contribution in [2.45, 2.75) is 5.92 Å². The molecule has 0 aromatic heterocycles. The Bertz CT molecular complexity index is 1710. The smallest absolute Gasteiger partial charge is 0.261 e. The Labute approximate surface area is 256 Å². The maximum Gasteiger partial charge on any atom is 0.261 e. The Morgan fingerprint density at radius 1 is 0.581 bits per heavy atom. The van der Waals surface area contributed by atoms with Gasteiger partial charge in [-0.05, 0) is 53.1 Å². The SMILES string of the molecule is CSC1=NC(=O)C(C(c2cccc3ccccc23)C2C(=O)N=C(SC)N(c3ccccc3)C2=O)C(=O)N1c1ccccc1. The number of aliphatic imine (C=N–C) groups is 2. The molecule has 214 valence electrons. The third kappa shape index (κ3) is 5.06. The maximum absolute atomic E-state index is 14.5. The number of nitrogens with zero attached hydrogens (tertiary/aromatic N) is 4. The van der Waals surface area contributed by atoms with Crippen molar-refractivity contribution in [2.24, 2.45) is 21.8 Å². The normalized spacial score (nSPS) is 19.9. The van der Waals surface area contributed by atoms with Crippen molar-refractivity contribution in [1.82, 2.24) is 0 Å². The predicted octanol–water partition coefficient (Wildman–Crippen LogP) is 5.74. The minimum atomic E-state index is -1.46. The number of para-hydroxylation sites is 2. The number of amides is 4. The number of anilines is 2. The van der Waals surface area contributed by atoms with Gasteiger partial charge in [0, 0.05) is 5.92 Å². The molecule has 43 heavy (non-hydrogen) atoms. The molecule has 2 atom stereocenters. The van der Waals surface area contributed by atoms with E-state index in [-0.39, 0.29) is 10.3 Å². The van der Waals surface area contributed by atoms with Crippen LogP contribution in [0.1, 0.15) is 11.5 Å². The van der Waals surface area contributed by atoms with E-state index >= 15 is 0 Å². The first kappa shape index (κ1) is 28.6. The van der Waals surface area contributed by atoms with E-state index in [0.29, 0.717) is 16.9 Å². The van der Waals surface area contributed by atoms with E-state index < -0.39 is 41.4 Å². The Balaban J connectivity index is 1.58. The van der Waals surface area contributed by atoms with Crippen LogP contribution in [0.4, 0.5) is 11.4 Å². The molecule has 4 aromatic carbocycles. The van der Waals surface area contributed by atoms with Crippen LogP contribution >= 0.6 is 23.5 Å². The maximum atomic E-state index is 14.5. The van der Waals surface area contributed by atoms with Gasteiger partial charge in [-0.2, -0.15) is 9.98 Å². The van der Waals surface area contributed by atoms with Gasteiger partial charge in [0.05, 0.1) is 11.4 Å². The summed E-state index contributed by atoms with van der Waals surface area (Å²) < 4.78 is 0. The highest BCUT2D eigenvalue weighted by Crippen LogP contribution is 2.44. The zero-order chi connectivity index (χ0) is 30.1. The fourth-order valence-corrected chi connectivity index (χ4v) is 6.83. The molecule has 2 aliphatic rings. The van der Waals surface area contributed by atoms with Gasteiger partial charge in [0.15, 0.2) is 10.3 Å². The number of hydrogen-bond acceptors (Lipinski definition) is 6. The lowest BCUT2D eigenvalue weighted by atomic mass is 9.72. The van der Waals surface area contributed by atoms with Crippen molar-refractivity contribution < 1.29 is 19.2 Å². The molecule has 0 fully saturated rings. The van der Waals surface area contributed by atoms with Crippen molar-refractivity contribution in [1.29, 1.82) is 0 Å². The second-order valence-corrected chi connectivity index (χ2v) is 11.5. The number of fused-ring (bicyclic) bond motifs is 1. The van der Waals surface area contributed by atoms with Gasteiger partial charge in [0.2, 0.25) is 11.8 Å². The molecule has 2 aliphatic heterocycles. The number of benzene rings is 4. The minimum Gasteiger partial charge on any atom is -0.273 e. The Kier molecular flexibility index (Phi) is 7.96. The minimum absolute atomic E-state index is 0.226. The number of rotatable bonds is 5. The molecular formula is C33H26N4O4S2. The highest BCUT2D eigenvalue weighted by Gasteiger charge is 2.53. The first-order valence-electron chi connectivity index (χ1n) is 13.5. The van der Waals surface area contributed by atoms with Gasteiger partial charge >= 0.3 is 0 Å². The van der Waals surface area contributed by atoms with Crippen LogP contribution in [0.3, 0.4) is 0 Å². The van der Waals surface area contributed by atoms with Gasteiger partial charge in [-0.3, -0.25) is 29.0 Å². The molecule has 4 aromatic rings. The van der Waals surface area contributed by atoms with Crippen LogP contribution in [0.5, 0.6) is 0 Å². The summed E-state index contributed by atoms with van der Waals surface area (Å²) in [7, 11) is 0. The average Bonchev–Trinajstić information content (AvgIpc) is 3.04.